The van der Waals surface area contributed by atoms with Crippen LogP contribution in [0.4, 0.5) is 0 Å². The van der Waals surface area contributed by atoms with Crippen LogP contribution in [0.3, 0.4) is 0 Å². The lowest BCUT2D eigenvalue weighted by Gasteiger charge is -1.87. The van der Waals surface area contributed by atoms with Gasteiger partial charge in [0.15, 0.2) is 0 Å². The third kappa shape index (κ3) is 2.50. The van der Waals surface area contributed by atoms with Crippen LogP contribution < -0.4 is 0 Å². The topological polar surface area (TPSA) is 24.7 Å². The average molecular weight is 112 g/mol. The van der Waals surface area contributed by atoms with Gasteiger partial charge in [-0.25, -0.2) is 0 Å². The number of rotatable bonds is 2. The van der Waals surface area contributed by atoms with Crippen LogP contribution in [0.15, 0.2) is 9.98 Å². The van der Waals surface area contributed by atoms with E-state index in [2.05, 4.69) is 16.9 Å². The molecular formula is C6H12N2. The first-order valence-corrected chi connectivity index (χ1v) is 2.73. The molecule has 0 rings (SSSR count). The number of hydrogen-bond acceptors (Lipinski definition) is 2. The smallest absolute Gasteiger partial charge is 0.0519 e. The zero-order valence-corrected chi connectivity index (χ0v) is 5.68. The van der Waals surface area contributed by atoms with Gasteiger partial charge in [-0.3, -0.25) is 9.98 Å². The van der Waals surface area contributed by atoms with Crippen molar-refractivity contribution >= 4 is 11.9 Å². The van der Waals surface area contributed by atoms with E-state index in [1.54, 1.807) is 20.3 Å². The zero-order chi connectivity index (χ0) is 6.41. The summed E-state index contributed by atoms with van der Waals surface area (Å²) in [6.07, 6.45) is 2.74. The van der Waals surface area contributed by atoms with Crippen LogP contribution in [0.5, 0.6) is 0 Å². The van der Waals surface area contributed by atoms with Crippen LogP contribution in [-0.2, 0) is 0 Å². The Kier molecular flexibility index (Phi) is 4.13. The second kappa shape index (κ2) is 4.50. The van der Waals surface area contributed by atoms with Crippen molar-refractivity contribution in [3.63, 3.8) is 0 Å². The first kappa shape index (κ1) is 7.34. The molecule has 0 aromatic heterocycles. The molecule has 0 aliphatic rings. The van der Waals surface area contributed by atoms with Crippen molar-refractivity contribution in [3.05, 3.63) is 0 Å². The van der Waals surface area contributed by atoms with Gasteiger partial charge in [0.2, 0.25) is 0 Å². The van der Waals surface area contributed by atoms with Gasteiger partial charge in [-0.15, -0.1) is 0 Å². The maximum atomic E-state index is 3.96. The monoisotopic (exact) mass is 112 g/mol. The predicted molar refractivity (Wildman–Crippen MR) is 38.1 cm³/mol. The lowest BCUT2D eigenvalue weighted by atomic mass is 10.3. The molecule has 0 spiro atoms. The highest BCUT2D eigenvalue weighted by Gasteiger charge is 1.83. The number of aliphatic imine (C=N–C) groups is 2. The minimum atomic E-state index is 0.966. The van der Waals surface area contributed by atoms with Crippen LogP contribution in [0.1, 0.15) is 13.3 Å². The standard InChI is InChI=1S/C6H12N2/c1-4-6(8-3)5-7-2/h5H,4H2,1-3H3. The van der Waals surface area contributed by atoms with Crippen molar-refractivity contribution in [3.8, 4) is 0 Å². The van der Waals surface area contributed by atoms with E-state index in [4.69, 9.17) is 0 Å². The highest BCUT2D eigenvalue weighted by molar-refractivity contribution is 6.30. The molecular weight excluding hydrogens is 100 g/mol. The fourth-order valence-electron chi connectivity index (χ4n) is 0.456. The van der Waals surface area contributed by atoms with E-state index >= 15 is 0 Å². The molecule has 2 heteroatoms. The van der Waals surface area contributed by atoms with Gasteiger partial charge in [-0.1, -0.05) is 6.92 Å². The number of nitrogens with zero attached hydrogens (tertiary/aromatic N) is 2. The predicted octanol–water partition coefficient (Wildman–Crippen LogP) is 1.17. The summed E-state index contributed by atoms with van der Waals surface area (Å²) in [7, 11) is 3.53. The Morgan fingerprint density at radius 3 is 2.25 bits per heavy atom. The fourth-order valence-corrected chi connectivity index (χ4v) is 0.456. The Bertz CT molecular complexity index is 100. The summed E-state index contributed by atoms with van der Waals surface area (Å²) in [4.78, 5) is 7.79. The van der Waals surface area contributed by atoms with Crippen LogP contribution in [0.25, 0.3) is 0 Å². The van der Waals surface area contributed by atoms with Crippen molar-refractivity contribution in [2.24, 2.45) is 9.98 Å². The van der Waals surface area contributed by atoms with E-state index in [1.165, 1.54) is 0 Å². The molecule has 0 unspecified atom stereocenters. The molecule has 0 saturated carbocycles. The van der Waals surface area contributed by atoms with Crippen molar-refractivity contribution in [1.29, 1.82) is 0 Å². The molecule has 0 fully saturated rings. The van der Waals surface area contributed by atoms with Crippen molar-refractivity contribution in [2.45, 2.75) is 13.3 Å². The van der Waals surface area contributed by atoms with Gasteiger partial charge in [0.1, 0.15) is 0 Å². The molecule has 0 N–H and O–H groups in total. The Hall–Kier alpha value is -0.660. The highest BCUT2D eigenvalue weighted by Crippen LogP contribution is 1.78. The fraction of sp³-hybridized carbons (Fsp3) is 0.667. The van der Waals surface area contributed by atoms with Crippen molar-refractivity contribution < 1.29 is 0 Å². The van der Waals surface area contributed by atoms with Crippen LogP contribution in [0.2, 0.25) is 0 Å². The van der Waals surface area contributed by atoms with Gasteiger partial charge in [0.05, 0.1) is 5.71 Å². The Morgan fingerprint density at radius 1 is 1.50 bits per heavy atom. The molecule has 8 heavy (non-hydrogen) atoms. The van der Waals surface area contributed by atoms with E-state index < -0.39 is 0 Å². The SMILES string of the molecule is CCC(C=NC)=NC. The molecule has 0 saturated heterocycles. The molecule has 0 atom stereocenters. The first-order chi connectivity index (χ1) is 3.85. The maximum absolute atomic E-state index is 3.96. The molecule has 0 heterocycles. The molecule has 46 valence electrons. The minimum Gasteiger partial charge on any atom is -0.295 e. The van der Waals surface area contributed by atoms with Crippen molar-refractivity contribution in [1.82, 2.24) is 0 Å². The zero-order valence-electron chi connectivity index (χ0n) is 5.68. The van der Waals surface area contributed by atoms with E-state index in [0.29, 0.717) is 0 Å². The largest absolute Gasteiger partial charge is 0.295 e. The lowest BCUT2D eigenvalue weighted by molar-refractivity contribution is 1.27. The summed E-state index contributed by atoms with van der Waals surface area (Å²) in [5, 5.41) is 0. The third-order valence-electron chi connectivity index (χ3n) is 0.928. The van der Waals surface area contributed by atoms with E-state index in [0.717, 1.165) is 12.1 Å². The Balaban J connectivity index is 3.72. The minimum absolute atomic E-state index is 0.966. The summed E-state index contributed by atoms with van der Waals surface area (Å²) in [6.45, 7) is 2.06. The lowest BCUT2D eigenvalue weighted by Crippen LogP contribution is -1.95. The second-order valence-corrected chi connectivity index (χ2v) is 1.46. The molecule has 0 aromatic rings. The Labute approximate surface area is 50.4 Å². The van der Waals surface area contributed by atoms with E-state index in [1.807, 2.05) is 0 Å². The van der Waals surface area contributed by atoms with Gasteiger partial charge < -0.3 is 0 Å². The molecule has 0 aliphatic heterocycles. The second-order valence-electron chi connectivity index (χ2n) is 1.46. The van der Waals surface area contributed by atoms with Gasteiger partial charge in [-0.05, 0) is 6.42 Å². The molecule has 0 bridgehead atoms. The summed E-state index contributed by atoms with van der Waals surface area (Å²) in [5.74, 6) is 0. The maximum Gasteiger partial charge on any atom is 0.0519 e. The van der Waals surface area contributed by atoms with Crippen molar-refractivity contribution in [2.75, 3.05) is 14.1 Å². The molecule has 0 aliphatic carbocycles. The van der Waals surface area contributed by atoms with Gasteiger partial charge in [-0.2, -0.15) is 0 Å². The summed E-state index contributed by atoms with van der Waals surface area (Å²) in [5.41, 5.74) is 1.05. The summed E-state index contributed by atoms with van der Waals surface area (Å²) in [6, 6.07) is 0. The number of hydrogen-bond donors (Lipinski definition) is 0. The third-order valence-corrected chi connectivity index (χ3v) is 0.928. The normalized spacial score (nSPS) is 13.1. The quantitative estimate of drug-likeness (QED) is 0.479. The average Bonchev–Trinajstić information content (AvgIpc) is 1.83. The summed E-state index contributed by atoms with van der Waals surface area (Å²) < 4.78 is 0. The van der Waals surface area contributed by atoms with Gasteiger partial charge in [0.25, 0.3) is 0 Å². The molecule has 2 nitrogen and oxygen atoms in total. The molecule has 0 aromatic carbocycles. The molecule has 0 amide bonds. The van der Waals surface area contributed by atoms with Crippen LogP contribution in [0, 0.1) is 0 Å². The Morgan fingerprint density at radius 2 is 2.12 bits per heavy atom. The van der Waals surface area contributed by atoms with Crippen LogP contribution in [-0.4, -0.2) is 26.0 Å². The van der Waals surface area contributed by atoms with E-state index in [-0.39, 0.29) is 0 Å². The van der Waals surface area contributed by atoms with Gasteiger partial charge >= 0.3 is 0 Å². The van der Waals surface area contributed by atoms with Gasteiger partial charge in [0, 0.05) is 20.3 Å². The molecule has 0 radical (unpaired) electrons. The van der Waals surface area contributed by atoms with Crippen LogP contribution >= 0.6 is 0 Å². The summed E-state index contributed by atoms with van der Waals surface area (Å²) >= 11 is 0. The first-order valence-electron chi connectivity index (χ1n) is 2.73. The van der Waals surface area contributed by atoms with E-state index in [9.17, 15) is 0 Å². The highest BCUT2D eigenvalue weighted by atomic mass is 14.7.